The first-order valence-corrected chi connectivity index (χ1v) is 6.12. The Hall–Kier alpha value is -1.69. The predicted molar refractivity (Wildman–Crippen MR) is 70.5 cm³/mol. The summed E-state index contributed by atoms with van der Waals surface area (Å²) in [6.45, 7) is 2.75. The van der Waals surface area contributed by atoms with E-state index in [0.29, 0.717) is 12.5 Å². The molecule has 0 aliphatic carbocycles. The van der Waals surface area contributed by atoms with Crippen LogP contribution in [0, 0.1) is 6.92 Å². The molecule has 1 N–H and O–H groups in total. The largest absolute Gasteiger partial charge is 0.363 e. The van der Waals surface area contributed by atoms with Crippen LogP contribution in [0.15, 0.2) is 18.5 Å². The molecule has 0 aliphatic rings. The van der Waals surface area contributed by atoms with E-state index in [9.17, 15) is 0 Å². The van der Waals surface area contributed by atoms with Gasteiger partial charge < -0.3 is 10.2 Å². The van der Waals surface area contributed by atoms with Crippen LogP contribution >= 0.6 is 11.3 Å². The SMILES string of the molecule is Cc1cnc(CNc2ccnc(N(C)C)n2)s1. The van der Waals surface area contributed by atoms with Gasteiger partial charge in [-0.05, 0) is 13.0 Å². The molecule has 17 heavy (non-hydrogen) atoms. The average molecular weight is 249 g/mol. The smallest absolute Gasteiger partial charge is 0.226 e. The third-order valence-electron chi connectivity index (χ3n) is 2.13. The van der Waals surface area contributed by atoms with Crippen molar-refractivity contribution in [2.75, 3.05) is 24.3 Å². The Morgan fingerprint density at radius 3 is 2.82 bits per heavy atom. The van der Waals surface area contributed by atoms with Gasteiger partial charge in [0.05, 0.1) is 6.54 Å². The quantitative estimate of drug-likeness (QED) is 0.897. The molecule has 0 saturated heterocycles. The first-order valence-electron chi connectivity index (χ1n) is 5.30. The highest BCUT2D eigenvalue weighted by molar-refractivity contribution is 7.11. The van der Waals surface area contributed by atoms with Crippen LogP contribution in [0.1, 0.15) is 9.88 Å². The van der Waals surface area contributed by atoms with Gasteiger partial charge in [-0.1, -0.05) is 0 Å². The second-order valence-corrected chi connectivity index (χ2v) is 5.17. The molecule has 5 nitrogen and oxygen atoms in total. The van der Waals surface area contributed by atoms with Gasteiger partial charge in [-0.25, -0.2) is 9.97 Å². The second-order valence-electron chi connectivity index (χ2n) is 3.85. The fourth-order valence-corrected chi connectivity index (χ4v) is 2.04. The van der Waals surface area contributed by atoms with E-state index < -0.39 is 0 Å². The van der Waals surface area contributed by atoms with Crippen LogP contribution in [0.5, 0.6) is 0 Å². The van der Waals surface area contributed by atoms with Crippen LogP contribution in [-0.4, -0.2) is 29.0 Å². The summed E-state index contributed by atoms with van der Waals surface area (Å²) in [6, 6.07) is 1.85. The van der Waals surface area contributed by atoms with Crippen molar-refractivity contribution in [3.8, 4) is 0 Å². The zero-order valence-electron chi connectivity index (χ0n) is 10.1. The molecule has 6 heteroatoms. The number of hydrogen-bond donors (Lipinski definition) is 1. The van der Waals surface area contributed by atoms with Crippen LogP contribution in [-0.2, 0) is 6.54 Å². The lowest BCUT2D eigenvalue weighted by atomic mass is 10.5. The Balaban J connectivity index is 2.01. The number of aryl methyl sites for hydroxylation is 1. The van der Waals surface area contributed by atoms with Gasteiger partial charge in [-0.3, -0.25) is 0 Å². The van der Waals surface area contributed by atoms with Crippen LogP contribution in [0.25, 0.3) is 0 Å². The normalized spacial score (nSPS) is 10.3. The Morgan fingerprint density at radius 2 is 2.18 bits per heavy atom. The number of anilines is 2. The Bertz CT molecular complexity index is 494. The van der Waals surface area contributed by atoms with E-state index in [1.807, 2.05) is 31.3 Å². The molecule has 2 heterocycles. The number of rotatable bonds is 4. The van der Waals surface area contributed by atoms with Gasteiger partial charge in [0.2, 0.25) is 5.95 Å². The fourth-order valence-electron chi connectivity index (χ4n) is 1.31. The number of hydrogen-bond acceptors (Lipinski definition) is 6. The summed E-state index contributed by atoms with van der Waals surface area (Å²) in [5, 5.41) is 4.30. The standard InChI is InChI=1S/C11H15N5S/c1-8-6-14-10(17-8)7-13-9-4-5-12-11(15-9)16(2)3/h4-6H,7H2,1-3H3,(H,12,13,15). The molecule has 2 aromatic rings. The molecule has 90 valence electrons. The van der Waals surface area contributed by atoms with Crippen molar-refractivity contribution in [2.45, 2.75) is 13.5 Å². The van der Waals surface area contributed by atoms with Gasteiger partial charge >= 0.3 is 0 Å². The topological polar surface area (TPSA) is 53.9 Å². The predicted octanol–water partition coefficient (Wildman–Crippen LogP) is 1.92. The molecule has 0 fully saturated rings. The summed E-state index contributed by atoms with van der Waals surface area (Å²) in [5.74, 6) is 1.52. The summed E-state index contributed by atoms with van der Waals surface area (Å²) >= 11 is 1.69. The lowest BCUT2D eigenvalue weighted by Crippen LogP contribution is -2.13. The monoisotopic (exact) mass is 249 g/mol. The summed E-state index contributed by atoms with van der Waals surface area (Å²) in [4.78, 5) is 15.9. The van der Waals surface area contributed by atoms with E-state index in [2.05, 4.69) is 27.2 Å². The minimum atomic E-state index is 0.697. The Labute approximate surface area is 105 Å². The van der Waals surface area contributed by atoms with Gasteiger partial charge in [0.15, 0.2) is 0 Å². The molecular formula is C11H15N5S. The first-order chi connectivity index (χ1) is 8.15. The van der Waals surface area contributed by atoms with E-state index in [0.717, 1.165) is 10.8 Å². The minimum Gasteiger partial charge on any atom is -0.363 e. The molecule has 2 aromatic heterocycles. The van der Waals surface area contributed by atoms with Gasteiger partial charge in [0.25, 0.3) is 0 Å². The lowest BCUT2D eigenvalue weighted by Gasteiger charge is -2.11. The number of nitrogens with one attached hydrogen (secondary N) is 1. The number of thiazole rings is 1. The van der Waals surface area contributed by atoms with Crippen LogP contribution in [0.4, 0.5) is 11.8 Å². The zero-order valence-corrected chi connectivity index (χ0v) is 11.0. The molecule has 0 unspecified atom stereocenters. The van der Waals surface area contributed by atoms with Gasteiger partial charge in [-0.2, -0.15) is 4.98 Å². The van der Waals surface area contributed by atoms with Gasteiger partial charge in [0, 0.05) is 31.4 Å². The Kier molecular flexibility index (Phi) is 3.53. The fraction of sp³-hybridized carbons (Fsp3) is 0.364. The Morgan fingerprint density at radius 1 is 1.35 bits per heavy atom. The third-order valence-corrected chi connectivity index (χ3v) is 3.05. The van der Waals surface area contributed by atoms with E-state index in [1.165, 1.54) is 4.88 Å². The molecule has 0 radical (unpaired) electrons. The second kappa shape index (κ2) is 5.09. The van der Waals surface area contributed by atoms with Crippen LogP contribution < -0.4 is 10.2 Å². The molecule has 0 aliphatic heterocycles. The zero-order chi connectivity index (χ0) is 12.3. The average Bonchev–Trinajstić information content (AvgIpc) is 2.73. The summed E-state index contributed by atoms with van der Waals surface area (Å²) in [7, 11) is 3.84. The molecule has 0 spiro atoms. The van der Waals surface area contributed by atoms with Crippen molar-refractivity contribution >= 4 is 23.1 Å². The summed E-state index contributed by atoms with van der Waals surface area (Å²) < 4.78 is 0. The van der Waals surface area contributed by atoms with Gasteiger partial charge in [-0.15, -0.1) is 11.3 Å². The summed E-state index contributed by atoms with van der Waals surface area (Å²) in [6.07, 6.45) is 3.63. The minimum absolute atomic E-state index is 0.697. The third kappa shape index (κ3) is 3.13. The van der Waals surface area contributed by atoms with Crippen molar-refractivity contribution in [1.82, 2.24) is 15.0 Å². The van der Waals surface area contributed by atoms with E-state index in [4.69, 9.17) is 0 Å². The molecule has 2 rings (SSSR count). The molecular weight excluding hydrogens is 234 g/mol. The van der Waals surface area contributed by atoms with Crippen molar-refractivity contribution < 1.29 is 0 Å². The number of nitrogens with zero attached hydrogens (tertiary/aromatic N) is 4. The molecule has 0 aromatic carbocycles. The van der Waals surface area contributed by atoms with Crippen molar-refractivity contribution in [1.29, 1.82) is 0 Å². The van der Waals surface area contributed by atoms with Crippen molar-refractivity contribution in [2.24, 2.45) is 0 Å². The highest BCUT2D eigenvalue weighted by atomic mass is 32.1. The van der Waals surface area contributed by atoms with E-state index in [1.54, 1.807) is 17.5 Å². The maximum Gasteiger partial charge on any atom is 0.226 e. The van der Waals surface area contributed by atoms with Crippen LogP contribution in [0.3, 0.4) is 0 Å². The first kappa shape index (κ1) is 11.8. The van der Waals surface area contributed by atoms with Gasteiger partial charge in [0.1, 0.15) is 10.8 Å². The molecule has 0 bridgehead atoms. The van der Waals surface area contributed by atoms with Crippen molar-refractivity contribution in [3.63, 3.8) is 0 Å². The molecule has 0 amide bonds. The van der Waals surface area contributed by atoms with E-state index >= 15 is 0 Å². The van der Waals surface area contributed by atoms with E-state index in [-0.39, 0.29) is 0 Å². The molecule has 0 saturated carbocycles. The van der Waals surface area contributed by atoms with Crippen LogP contribution in [0.2, 0.25) is 0 Å². The summed E-state index contributed by atoms with van der Waals surface area (Å²) in [5.41, 5.74) is 0. The molecule has 0 atom stereocenters. The number of aromatic nitrogens is 3. The van der Waals surface area contributed by atoms with Crippen molar-refractivity contribution in [3.05, 3.63) is 28.3 Å². The maximum absolute atomic E-state index is 4.37. The highest BCUT2D eigenvalue weighted by Crippen LogP contribution is 2.13. The highest BCUT2D eigenvalue weighted by Gasteiger charge is 2.02. The maximum atomic E-state index is 4.37. The lowest BCUT2D eigenvalue weighted by molar-refractivity contribution is 0.985.